The van der Waals surface area contributed by atoms with Crippen LogP contribution in [0.3, 0.4) is 0 Å². The van der Waals surface area contributed by atoms with E-state index in [1.807, 2.05) is 12.1 Å². The molecule has 0 aromatic heterocycles. The number of anilines is 2. The van der Waals surface area contributed by atoms with Crippen LogP contribution >= 0.6 is 34.8 Å². The van der Waals surface area contributed by atoms with Crippen molar-refractivity contribution in [1.82, 2.24) is 0 Å². The van der Waals surface area contributed by atoms with Crippen LogP contribution in [0.15, 0.2) is 36.4 Å². The molecule has 0 saturated heterocycles. The Balaban J connectivity index is 2.09. The standard InChI is InChI=1S/C15H9Cl3N4/c16-11-5-9(7-19)1-3-13(11)21-15(18)22-14-4-2-10(8-20)6-12(14)17/h1-6,15,21-22H. The molecule has 2 rings (SSSR count). The number of hydrogen-bond donors (Lipinski definition) is 2. The van der Waals surface area contributed by atoms with Crippen molar-refractivity contribution in [2.24, 2.45) is 0 Å². The number of benzene rings is 2. The second-order valence-corrected chi connectivity index (χ2v) is 5.51. The Morgan fingerprint density at radius 2 is 1.23 bits per heavy atom. The largest absolute Gasteiger partial charge is 0.352 e. The van der Waals surface area contributed by atoms with Crippen LogP contribution in [0.25, 0.3) is 0 Å². The molecule has 0 amide bonds. The Morgan fingerprint density at radius 1 is 0.818 bits per heavy atom. The summed E-state index contributed by atoms with van der Waals surface area (Å²) < 4.78 is 0. The van der Waals surface area contributed by atoms with Crippen molar-refractivity contribution in [3.8, 4) is 12.1 Å². The molecule has 0 unspecified atom stereocenters. The molecule has 0 fully saturated rings. The number of halogens is 3. The minimum Gasteiger partial charge on any atom is -0.352 e. The molecular weight excluding hydrogens is 343 g/mol. The average Bonchev–Trinajstić information content (AvgIpc) is 2.51. The summed E-state index contributed by atoms with van der Waals surface area (Å²) in [6.45, 7) is 0. The van der Waals surface area contributed by atoms with Crippen molar-refractivity contribution in [1.29, 1.82) is 10.5 Å². The molecule has 0 aliphatic heterocycles. The van der Waals surface area contributed by atoms with Crippen LogP contribution in [0.4, 0.5) is 11.4 Å². The molecule has 7 heteroatoms. The quantitative estimate of drug-likeness (QED) is 0.472. The van der Waals surface area contributed by atoms with Crippen LogP contribution in [-0.4, -0.2) is 5.62 Å². The summed E-state index contributed by atoms with van der Waals surface area (Å²) >= 11 is 18.3. The van der Waals surface area contributed by atoms with Gasteiger partial charge in [-0.2, -0.15) is 10.5 Å². The van der Waals surface area contributed by atoms with Gasteiger partial charge >= 0.3 is 0 Å². The van der Waals surface area contributed by atoms with Gasteiger partial charge in [0, 0.05) is 0 Å². The van der Waals surface area contributed by atoms with Gasteiger partial charge in [-0.3, -0.25) is 0 Å². The van der Waals surface area contributed by atoms with E-state index < -0.39 is 5.62 Å². The van der Waals surface area contributed by atoms with E-state index in [9.17, 15) is 0 Å². The van der Waals surface area contributed by atoms with Gasteiger partial charge in [0.05, 0.1) is 44.7 Å². The van der Waals surface area contributed by atoms with Gasteiger partial charge in [0.15, 0.2) is 5.62 Å². The maximum absolute atomic E-state index is 8.80. The first-order valence-electron chi connectivity index (χ1n) is 6.10. The Kier molecular flexibility index (Phi) is 5.35. The molecule has 2 aromatic rings. The fraction of sp³-hybridized carbons (Fsp3) is 0.0667. The van der Waals surface area contributed by atoms with Crippen LogP contribution < -0.4 is 10.6 Å². The first kappa shape index (κ1) is 16.3. The van der Waals surface area contributed by atoms with Crippen molar-refractivity contribution in [2.45, 2.75) is 5.62 Å². The number of rotatable bonds is 4. The van der Waals surface area contributed by atoms with Crippen LogP contribution in [0.2, 0.25) is 10.0 Å². The van der Waals surface area contributed by atoms with Crippen LogP contribution in [0.5, 0.6) is 0 Å². The first-order chi connectivity index (χ1) is 10.5. The van der Waals surface area contributed by atoms with Crippen LogP contribution in [0.1, 0.15) is 11.1 Å². The highest BCUT2D eigenvalue weighted by atomic mass is 35.5. The van der Waals surface area contributed by atoms with E-state index in [1.165, 1.54) is 0 Å². The molecule has 0 atom stereocenters. The zero-order valence-electron chi connectivity index (χ0n) is 11.1. The van der Waals surface area contributed by atoms with E-state index in [2.05, 4.69) is 10.6 Å². The van der Waals surface area contributed by atoms with Gasteiger partial charge in [-0.15, -0.1) is 0 Å². The smallest absolute Gasteiger partial charge is 0.175 e. The molecule has 0 radical (unpaired) electrons. The van der Waals surface area contributed by atoms with Crippen molar-refractivity contribution in [3.05, 3.63) is 57.6 Å². The van der Waals surface area contributed by atoms with E-state index in [1.54, 1.807) is 36.4 Å². The summed E-state index contributed by atoms with van der Waals surface area (Å²) in [7, 11) is 0. The molecule has 0 heterocycles. The monoisotopic (exact) mass is 350 g/mol. The summed E-state index contributed by atoms with van der Waals surface area (Å²) in [5, 5.41) is 24.3. The van der Waals surface area contributed by atoms with Gasteiger partial charge in [-0.1, -0.05) is 34.8 Å². The van der Waals surface area contributed by atoms with Crippen LogP contribution in [0, 0.1) is 22.7 Å². The fourth-order valence-corrected chi connectivity index (χ4v) is 2.42. The molecule has 4 nitrogen and oxygen atoms in total. The van der Waals surface area contributed by atoms with Crippen molar-refractivity contribution in [2.75, 3.05) is 10.6 Å². The van der Waals surface area contributed by atoms with E-state index in [4.69, 9.17) is 45.3 Å². The van der Waals surface area contributed by atoms with E-state index in [-0.39, 0.29) is 0 Å². The summed E-state index contributed by atoms with van der Waals surface area (Å²) in [6, 6.07) is 13.7. The Morgan fingerprint density at radius 3 is 1.55 bits per heavy atom. The molecule has 0 saturated carbocycles. The second-order valence-electron chi connectivity index (χ2n) is 4.26. The summed E-state index contributed by atoms with van der Waals surface area (Å²) in [5.41, 5.74) is 1.40. The van der Waals surface area contributed by atoms with Gasteiger partial charge in [0.25, 0.3) is 0 Å². The summed E-state index contributed by atoms with van der Waals surface area (Å²) in [4.78, 5) is 0. The number of nitrogens with one attached hydrogen (secondary N) is 2. The normalized spacial score (nSPS) is 9.91. The fourth-order valence-electron chi connectivity index (χ4n) is 1.71. The highest BCUT2D eigenvalue weighted by molar-refractivity contribution is 6.34. The molecule has 2 N–H and O–H groups in total. The first-order valence-corrected chi connectivity index (χ1v) is 7.29. The Hall–Kier alpha value is -2.11. The SMILES string of the molecule is N#Cc1ccc(NC(Cl)Nc2ccc(C#N)cc2Cl)c(Cl)c1. The van der Waals surface area contributed by atoms with E-state index in [0.29, 0.717) is 32.5 Å². The zero-order valence-corrected chi connectivity index (χ0v) is 13.3. The van der Waals surface area contributed by atoms with Crippen LogP contribution in [-0.2, 0) is 0 Å². The third kappa shape index (κ3) is 3.96. The predicted molar refractivity (Wildman–Crippen MR) is 89.2 cm³/mol. The number of hydrogen-bond acceptors (Lipinski definition) is 4. The molecule has 0 aliphatic carbocycles. The van der Waals surface area contributed by atoms with E-state index >= 15 is 0 Å². The lowest BCUT2D eigenvalue weighted by Crippen LogP contribution is -2.22. The zero-order chi connectivity index (χ0) is 16.1. The van der Waals surface area contributed by atoms with Crippen molar-refractivity contribution in [3.63, 3.8) is 0 Å². The third-order valence-electron chi connectivity index (χ3n) is 2.76. The molecule has 22 heavy (non-hydrogen) atoms. The van der Waals surface area contributed by atoms with Gasteiger partial charge < -0.3 is 10.6 Å². The Labute approximate surface area is 142 Å². The minimum absolute atomic E-state index is 0.387. The number of nitrogens with zero attached hydrogens (tertiary/aromatic N) is 2. The van der Waals surface area contributed by atoms with E-state index in [0.717, 1.165) is 0 Å². The number of nitriles is 2. The molecule has 0 spiro atoms. The van der Waals surface area contributed by atoms with Gasteiger partial charge in [-0.25, -0.2) is 0 Å². The Bertz CT molecular complexity index is 712. The van der Waals surface area contributed by atoms with Crippen molar-refractivity contribution < 1.29 is 0 Å². The van der Waals surface area contributed by atoms with Gasteiger partial charge in [0.1, 0.15) is 0 Å². The minimum atomic E-state index is -0.684. The molecule has 0 aliphatic rings. The molecule has 2 aromatic carbocycles. The maximum Gasteiger partial charge on any atom is 0.175 e. The van der Waals surface area contributed by atoms with Gasteiger partial charge in [0.2, 0.25) is 0 Å². The topological polar surface area (TPSA) is 71.6 Å². The third-order valence-corrected chi connectivity index (χ3v) is 3.60. The van der Waals surface area contributed by atoms with Gasteiger partial charge in [-0.05, 0) is 36.4 Å². The lowest BCUT2D eigenvalue weighted by atomic mass is 10.2. The van der Waals surface area contributed by atoms with Crippen molar-refractivity contribution >= 4 is 46.2 Å². The maximum atomic E-state index is 8.80. The highest BCUT2D eigenvalue weighted by Gasteiger charge is 2.10. The second kappa shape index (κ2) is 7.24. The molecular formula is C15H9Cl3N4. The average molecular weight is 352 g/mol. The lowest BCUT2D eigenvalue weighted by Gasteiger charge is -2.18. The molecule has 0 bridgehead atoms. The lowest BCUT2D eigenvalue weighted by molar-refractivity contribution is 1.12. The summed E-state index contributed by atoms with van der Waals surface area (Å²) in [5.74, 6) is 0. The molecule has 110 valence electrons. The highest BCUT2D eigenvalue weighted by Crippen LogP contribution is 2.27. The predicted octanol–water partition coefficient (Wildman–Crippen LogP) is 4.78. The summed E-state index contributed by atoms with van der Waals surface area (Å²) in [6.07, 6.45) is 0. The number of alkyl halides is 1.